The molecule has 0 spiro atoms. The minimum Gasteiger partial charge on any atom is -0.505 e. The predicted octanol–water partition coefficient (Wildman–Crippen LogP) is 2.82. The van der Waals surface area contributed by atoms with E-state index in [9.17, 15) is 9.90 Å². The van der Waals surface area contributed by atoms with Crippen molar-refractivity contribution in [1.82, 2.24) is 9.78 Å². The summed E-state index contributed by atoms with van der Waals surface area (Å²) in [4.78, 5) is 12.4. The van der Waals surface area contributed by atoms with Crippen LogP contribution in [0.1, 0.15) is 17.0 Å². The summed E-state index contributed by atoms with van der Waals surface area (Å²) in [6.45, 7) is 5.43. The van der Waals surface area contributed by atoms with Crippen LogP contribution < -0.4 is 5.56 Å². The Labute approximate surface area is 121 Å². The van der Waals surface area contributed by atoms with E-state index < -0.39 is 0 Å². The second kappa shape index (κ2) is 4.48. The van der Waals surface area contributed by atoms with Crippen molar-refractivity contribution in [1.29, 1.82) is 0 Å². The van der Waals surface area contributed by atoms with Gasteiger partial charge in [-0.15, -0.1) is 0 Å². The number of aryl methyl sites for hydroxylation is 4. The van der Waals surface area contributed by atoms with E-state index in [2.05, 4.69) is 5.10 Å². The molecule has 0 aliphatic carbocycles. The van der Waals surface area contributed by atoms with Crippen LogP contribution in [-0.4, -0.2) is 14.9 Å². The monoisotopic (exact) mass is 284 g/mol. The molecule has 3 aromatic rings. The van der Waals surface area contributed by atoms with E-state index in [1.54, 1.807) is 20.9 Å². The molecular weight excluding hydrogens is 268 g/mol. The molecule has 5 nitrogen and oxygen atoms in total. The van der Waals surface area contributed by atoms with Crippen LogP contribution in [0.2, 0.25) is 0 Å². The van der Waals surface area contributed by atoms with Gasteiger partial charge < -0.3 is 9.52 Å². The molecule has 0 saturated heterocycles. The van der Waals surface area contributed by atoms with E-state index in [1.807, 2.05) is 25.1 Å². The zero-order chi connectivity index (χ0) is 15.3. The molecule has 108 valence electrons. The van der Waals surface area contributed by atoms with Gasteiger partial charge in [-0.1, -0.05) is 11.6 Å². The van der Waals surface area contributed by atoms with Crippen LogP contribution in [-0.2, 0) is 7.05 Å². The number of fused-ring (bicyclic) bond motifs is 1. The minimum absolute atomic E-state index is 0.0922. The predicted molar refractivity (Wildman–Crippen MR) is 80.6 cm³/mol. The summed E-state index contributed by atoms with van der Waals surface area (Å²) < 4.78 is 6.95. The summed E-state index contributed by atoms with van der Waals surface area (Å²) in [5.41, 5.74) is 2.71. The summed E-state index contributed by atoms with van der Waals surface area (Å²) in [6, 6.07) is 5.78. The van der Waals surface area contributed by atoms with E-state index in [4.69, 9.17) is 4.42 Å². The van der Waals surface area contributed by atoms with Gasteiger partial charge in [-0.3, -0.25) is 4.79 Å². The Morgan fingerprint density at radius 1 is 1.19 bits per heavy atom. The fourth-order valence-electron chi connectivity index (χ4n) is 2.63. The highest BCUT2D eigenvalue weighted by molar-refractivity contribution is 5.97. The van der Waals surface area contributed by atoms with Gasteiger partial charge in [-0.05, 0) is 32.9 Å². The number of benzene rings is 1. The number of hydrogen-bond donors (Lipinski definition) is 1. The molecule has 0 aliphatic rings. The average molecular weight is 284 g/mol. The molecule has 0 fully saturated rings. The first-order valence-corrected chi connectivity index (χ1v) is 6.67. The van der Waals surface area contributed by atoms with E-state index in [-0.39, 0.29) is 16.9 Å². The molecule has 0 amide bonds. The van der Waals surface area contributed by atoms with Crippen LogP contribution >= 0.6 is 0 Å². The smallest absolute Gasteiger partial charge is 0.278 e. The second-order valence-corrected chi connectivity index (χ2v) is 5.27. The molecule has 0 radical (unpaired) electrons. The second-order valence-electron chi connectivity index (χ2n) is 5.27. The molecule has 0 aliphatic heterocycles. The standard InChI is InChI=1S/C16H16N2O3/c1-8-5-6-12-11(7-8)13(10(3)21-12)14-15(19)9(2)17-18(4)16(14)20/h5-7,19H,1-4H3. The number of furan rings is 1. The van der Waals surface area contributed by atoms with Crippen molar-refractivity contribution >= 4 is 11.0 Å². The van der Waals surface area contributed by atoms with Crippen LogP contribution in [0, 0.1) is 20.8 Å². The molecule has 1 aromatic carbocycles. The van der Waals surface area contributed by atoms with Gasteiger partial charge in [0, 0.05) is 18.0 Å². The Morgan fingerprint density at radius 2 is 1.90 bits per heavy atom. The number of aromatic nitrogens is 2. The first kappa shape index (κ1) is 13.4. The van der Waals surface area contributed by atoms with Crippen LogP contribution in [0.15, 0.2) is 27.4 Å². The van der Waals surface area contributed by atoms with Crippen LogP contribution in [0.25, 0.3) is 22.1 Å². The van der Waals surface area contributed by atoms with Crippen molar-refractivity contribution in [3.05, 3.63) is 45.6 Å². The van der Waals surface area contributed by atoms with Crippen molar-refractivity contribution in [2.75, 3.05) is 0 Å². The quantitative estimate of drug-likeness (QED) is 0.746. The summed E-state index contributed by atoms with van der Waals surface area (Å²) in [7, 11) is 1.57. The Kier molecular flexibility index (Phi) is 2.86. The maximum Gasteiger partial charge on any atom is 0.278 e. The van der Waals surface area contributed by atoms with Crippen molar-refractivity contribution in [3.8, 4) is 16.9 Å². The highest BCUT2D eigenvalue weighted by Gasteiger charge is 2.22. The Bertz CT molecular complexity index is 919. The van der Waals surface area contributed by atoms with Gasteiger partial charge in [0.25, 0.3) is 5.56 Å². The van der Waals surface area contributed by atoms with Gasteiger partial charge >= 0.3 is 0 Å². The largest absolute Gasteiger partial charge is 0.505 e. The number of rotatable bonds is 1. The molecular formula is C16H16N2O3. The minimum atomic E-state index is -0.342. The SMILES string of the molecule is Cc1ccc2oc(C)c(-c3c(O)c(C)nn(C)c3=O)c2c1. The first-order valence-electron chi connectivity index (χ1n) is 6.67. The lowest BCUT2D eigenvalue weighted by molar-refractivity contribution is 0.460. The molecule has 2 heterocycles. The summed E-state index contributed by atoms with van der Waals surface area (Å²) in [6.07, 6.45) is 0. The van der Waals surface area contributed by atoms with E-state index in [0.29, 0.717) is 22.6 Å². The summed E-state index contributed by atoms with van der Waals surface area (Å²) >= 11 is 0. The van der Waals surface area contributed by atoms with Crippen molar-refractivity contribution in [2.24, 2.45) is 7.05 Å². The van der Waals surface area contributed by atoms with Crippen molar-refractivity contribution < 1.29 is 9.52 Å². The molecule has 0 unspecified atom stereocenters. The summed E-state index contributed by atoms with van der Waals surface area (Å²) in [5, 5.41) is 15.1. The lowest BCUT2D eigenvalue weighted by atomic mass is 10.0. The van der Waals surface area contributed by atoms with E-state index >= 15 is 0 Å². The lowest BCUT2D eigenvalue weighted by Gasteiger charge is -2.08. The van der Waals surface area contributed by atoms with Gasteiger partial charge in [0.05, 0.1) is 5.56 Å². The number of hydrogen-bond acceptors (Lipinski definition) is 4. The van der Waals surface area contributed by atoms with Crippen molar-refractivity contribution in [3.63, 3.8) is 0 Å². The molecule has 1 N–H and O–H groups in total. The van der Waals surface area contributed by atoms with E-state index in [0.717, 1.165) is 10.9 Å². The zero-order valence-electron chi connectivity index (χ0n) is 12.4. The van der Waals surface area contributed by atoms with Crippen LogP contribution in [0.5, 0.6) is 5.75 Å². The van der Waals surface area contributed by atoms with Gasteiger partial charge in [-0.2, -0.15) is 5.10 Å². The first-order chi connectivity index (χ1) is 9.90. The fourth-order valence-corrected chi connectivity index (χ4v) is 2.63. The van der Waals surface area contributed by atoms with E-state index in [1.165, 1.54) is 4.68 Å². The molecule has 5 heteroatoms. The zero-order valence-corrected chi connectivity index (χ0v) is 12.4. The number of nitrogens with zero attached hydrogens (tertiary/aromatic N) is 2. The third-order valence-electron chi connectivity index (χ3n) is 3.66. The molecule has 3 rings (SSSR count). The van der Waals surface area contributed by atoms with Crippen LogP contribution in [0.4, 0.5) is 0 Å². The Morgan fingerprint density at radius 3 is 2.62 bits per heavy atom. The van der Waals surface area contributed by atoms with Gasteiger partial charge in [0.1, 0.15) is 17.0 Å². The molecule has 0 atom stereocenters. The fraction of sp³-hybridized carbons (Fsp3) is 0.250. The topological polar surface area (TPSA) is 68.3 Å². The average Bonchev–Trinajstić information content (AvgIpc) is 2.73. The number of aromatic hydroxyl groups is 1. The summed E-state index contributed by atoms with van der Waals surface area (Å²) in [5.74, 6) is 0.513. The van der Waals surface area contributed by atoms with Gasteiger partial charge in [0.15, 0.2) is 5.75 Å². The molecule has 21 heavy (non-hydrogen) atoms. The molecule has 0 bridgehead atoms. The maximum atomic E-state index is 12.4. The van der Waals surface area contributed by atoms with Crippen LogP contribution in [0.3, 0.4) is 0 Å². The Balaban J connectivity index is 2.49. The molecule has 2 aromatic heterocycles. The Hall–Kier alpha value is -2.56. The van der Waals surface area contributed by atoms with Crippen molar-refractivity contribution in [2.45, 2.75) is 20.8 Å². The lowest BCUT2D eigenvalue weighted by Crippen LogP contribution is -2.22. The normalized spacial score (nSPS) is 11.2. The highest BCUT2D eigenvalue weighted by Crippen LogP contribution is 2.37. The third kappa shape index (κ3) is 1.93. The van der Waals surface area contributed by atoms with Gasteiger partial charge in [0.2, 0.25) is 0 Å². The van der Waals surface area contributed by atoms with Gasteiger partial charge in [-0.25, -0.2) is 4.68 Å². The third-order valence-corrected chi connectivity index (χ3v) is 3.66. The highest BCUT2D eigenvalue weighted by atomic mass is 16.3. The molecule has 0 saturated carbocycles. The maximum absolute atomic E-state index is 12.4.